The molecule has 1 amide bonds. The van der Waals surface area contributed by atoms with Gasteiger partial charge in [-0.15, -0.1) is 0 Å². The fourth-order valence-corrected chi connectivity index (χ4v) is 1.74. The molecule has 0 spiro atoms. The van der Waals surface area contributed by atoms with Crippen LogP contribution in [0.5, 0.6) is 0 Å². The summed E-state index contributed by atoms with van der Waals surface area (Å²) in [4.78, 5) is 11.0. The maximum absolute atomic E-state index is 11.0. The Balaban J connectivity index is 2.23. The highest BCUT2D eigenvalue weighted by Crippen LogP contribution is 2.20. The molecule has 0 heterocycles. The minimum Gasteiger partial charge on any atom is -0.396 e. The largest absolute Gasteiger partial charge is 0.396 e. The van der Waals surface area contributed by atoms with Gasteiger partial charge in [-0.3, -0.25) is 4.79 Å². The molecule has 3 heteroatoms. The zero-order chi connectivity index (χ0) is 13.0. The number of benzene rings is 2. The SMILES string of the molecule is NC(=O)c1ccc(-c2ccc([CH]CO)cc2)cc1. The van der Waals surface area contributed by atoms with Crippen LogP contribution in [0, 0.1) is 6.42 Å². The Morgan fingerprint density at radius 3 is 1.94 bits per heavy atom. The van der Waals surface area contributed by atoms with Crippen molar-refractivity contribution in [1.29, 1.82) is 0 Å². The van der Waals surface area contributed by atoms with Crippen molar-refractivity contribution in [3.8, 4) is 11.1 Å². The molecule has 0 saturated carbocycles. The molecule has 0 atom stereocenters. The summed E-state index contributed by atoms with van der Waals surface area (Å²) in [6.07, 6.45) is 1.74. The van der Waals surface area contributed by atoms with Crippen LogP contribution in [0.1, 0.15) is 15.9 Å². The van der Waals surface area contributed by atoms with Crippen LogP contribution in [0.2, 0.25) is 0 Å². The molecule has 2 rings (SSSR count). The highest BCUT2D eigenvalue weighted by atomic mass is 16.2. The van der Waals surface area contributed by atoms with E-state index in [2.05, 4.69) is 0 Å². The van der Waals surface area contributed by atoms with E-state index in [1.165, 1.54) is 0 Å². The third-order valence-electron chi connectivity index (χ3n) is 2.74. The minimum atomic E-state index is -0.422. The van der Waals surface area contributed by atoms with Gasteiger partial charge in [0.05, 0.1) is 6.61 Å². The van der Waals surface area contributed by atoms with Gasteiger partial charge in [-0.25, -0.2) is 0 Å². The Bertz CT molecular complexity index is 529. The predicted octanol–water partition coefficient (Wildman–Crippen LogP) is 2.00. The second kappa shape index (κ2) is 5.47. The maximum Gasteiger partial charge on any atom is 0.248 e. The van der Waals surface area contributed by atoms with E-state index in [9.17, 15) is 4.79 Å². The molecule has 0 bridgehead atoms. The molecule has 18 heavy (non-hydrogen) atoms. The summed E-state index contributed by atoms with van der Waals surface area (Å²) in [7, 11) is 0. The summed E-state index contributed by atoms with van der Waals surface area (Å²) < 4.78 is 0. The zero-order valence-corrected chi connectivity index (χ0v) is 9.84. The van der Waals surface area contributed by atoms with Gasteiger partial charge in [0.2, 0.25) is 5.91 Å². The third kappa shape index (κ3) is 2.76. The lowest BCUT2D eigenvalue weighted by Gasteiger charge is -2.04. The van der Waals surface area contributed by atoms with Gasteiger partial charge in [0.1, 0.15) is 0 Å². The number of hydrogen-bond donors (Lipinski definition) is 2. The van der Waals surface area contributed by atoms with Gasteiger partial charge in [0.15, 0.2) is 0 Å². The summed E-state index contributed by atoms with van der Waals surface area (Å²) in [5.74, 6) is -0.422. The molecule has 0 aromatic heterocycles. The second-order valence-electron chi connectivity index (χ2n) is 3.95. The van der Waals surface area contributed by atoms with Gasteiger partial charge in [0, 0.05) is 12.0 Å². The molecule has 2 aromatic carbocycles. The highest BCUT2D eigenvalue weighted by Gasteiger charge is 2.01. The molecule has 91 valence electrons. The Labute approximate surface area is 106 Å². The second-order valence-corrected chi connectivity index (χ2v) is 3.95. The van der Waals surface area contributed by atoms with Crippen molar-refractivity contribution in [2.45, 2.75) is 0 Å². The standard InChI is InChI=1S/C15H14NO2/c16-15(18)14-7-5-13(6-8-14)12-3-1-11(2-4-12)9-10-17/h1-9,17H,10H2,(H2,16,18). The van der Waals surface area contributed by atoms with Gasteiger partial charge in [0.25, 0.3) is 0 Å². The van der Waals surface area contributed by atoms with E-state index in [4.69, 9.17) is 10.8 Å². The number of nitrogens with two attached hydrogens (primary N) is 1. The quantitative estimate of drug-likeness (QED) is 0.858. The normalized spacial score (nSPS) is 10.3. The van der Waals surface area contributed by atoms with Crippen molar-refractivity contribution in [1.82, 2.24) is 0 Å². The van der Waals surface area contributed by atoms with Gasteiger partial charge in [-0.1, -0.05) is 36.4 Å². The van der Waals surface area contributed by atoms with E-state index >= 15 is 0 Å². The van der Waals surface area contributed by atoms with Crippen LogP contribution < -0.4 is 5.73 Å². The fraction of sp³-hybridized carbons (Fsp3) is 0.0667. The van der Waals surface area contributed by atoms with Crippen molar-refractivity contribution >= 4 is 5.91 Å². The lowest BCUT2D eigenvalue weighted by atomic mass is 10.0. The summed E-state index contributed by atoms with van der Waals surface area (Å²) in [5, 5.41) is 8.79. The van der Waals surface area contributed by atoms with E-state index in [0.29, 0.717) is 5.56 Å². The van der Waals surface area contributed by atoms with Gasteiger partial charge in [-0.05, 0) is 28.8 Å². The van der Waals surface area contributed by atoms with Gasteiger partial charge < -0.3 is 10.8 Å². The smallest absolute Gasteiger partial charge is 0.248 e. The first-order chi connectivity index (χ1) is 8.70. The predicted molar refractivity (Wildman–Crippen MR) is 70.9 cm³/mol. The van der Waals surface area contributed by atoms with Crippen LogP contribution in [0.4, 0.5) is 0 Å². The average molecular weight is 240 g/mol. The first kappa shape index (κ1) is 12.3. The summed E-state index contributed by atoms with van der Waals surface area (Å²) in [6.45, 7) is 0.0344. The first-order valence-electron chi connectivity index (χ1n) is 5.65. The van der Waals surface area contributed by atoms with Gasteiger partial charge >= 0.3 is 0 Å². The summed E-state index contributed by atoms with van der Waals surface area (Å²) >= 11 is 0. The molecule has 0 fully saturated rings. The fourth-order valence-electron chi connectivity index (χ4n) is 1.74. The molecule has 3 nitrogen and oxygen atoms in total. The minimum absolute atomic E-state index is 0.0344. The van der Waals surface area contributed by atoms with Crippen molar-refractivity contribution in [3.63, 3.8) is 0 Å². The average Bonchev–Trinajstić information content (AvgIpc) is 2.40. The van der Waals surface area contributed by atoms with Crippen LogP contribution in [0.3, 0.4) is 0 Å². The monoisotopic (exact) mass is 240 g/mol. The van der Waals surface area contributed by atoms with Crippen molar-refractivity contribution in [2.75, 3.05) is 6.61 Å². The van der Waals surface area contributed by atoms with Crippen molar-refractivity contribution < 1.29 is 9.90 Å². The number of primary amides is 1. The lowest BCUT2D eigenvalue weighted by molar-refractivity contribution is 0.100. The molecular formula is C15H14NO2. The van der Waals surface area contributed by atoms with E-state index in [0.717, 1.165) is 16.7 Å². The highest BCUT2D eigenvalue weighted by molar-refractivity contribution is 5.93. The zero-order valence-electron chi connectivity index (χ0n) is 9.84. The number of aliphatic hydroxyl groups is 1. The Hall–Kier alpha value is -2.13. The summed E-state index contributed by atoms with van der Waals surface area (Å²) in [6, 6.07) is 15.0. The molecule has 0 aliphatic rings. The van der Waals surface area contributed by atoms with E-state index in [1.54, 1.807) is 18.6 Å². The number of aliphatic hydroxyl groups excluding tert-OH is 1. The number of carbonyl (C=O) groups is 1. The maximum atomic E-state index is 11.0. The van der Waals surface area contributed by atoms with Crippen LogP contribution >= 0.6 is 0 Å². The van der Waals surface area contributed by atoms with Crippen molar-refractivity contribution in [3.05, 3.63) is 66.1 Å². The van der Waals surface area contributed by atoms with E-state index in [1.807, 2.05) is 36.4 Å². The first-order valence-corrected chi connectivity index (χ1v) is 5.65. The van der Waals surface area contributed by atoms with E-state index in [-0.39, 0.29) is 6.61 Å². The third-order valence-corrected chi connectivity index (χ3v) is 2.74. The number of carbonyl (C=O) groups excluding carboxylic acids is 1. The molecule has 0 saturated heterocycles. The molecule has 2 aromatic rings. The summed E-state index contributed by atoms with van der Waals surface area (Å²) in [5.41, 5.74) is 8.75. The number of amides is 1. The molecule has 3 N–H and O–H groups in total. The molecule has 0 unspecified atom stereocenters. The molecule has 0 aliphatic heterocycles. The van der Waals surface area contributed by atoms with E-state index < -0.39 is 5.91 Å². The molecular weight excluding hydrogens is 226 g/mol. The number of rotatable bonds is 4. The van der Waals surface area contributed by atoms with Crippen LogP contribution in [-0.2, 0) is 0 Å². The number of hydrogen-bond acceptors (Lipinski definition) is 2. The van der Waals surface area contributed by atoms with Crippen LogP contribution in [0.15, 0.2) is 48.5 Å². The Kier molecular flexibility index (Phi) is 3.75. The van der Waals surface area contributed by atoms with Gasteiger partial charge in [-0.2, -0.15) is 0 Å². The molecule has 1 radical (unpaired) electrons. The van der Waals surface area contributed by atoms with Crippen LogP contribution in [0.25, 0.3) is 11.1 Å². The Morgan fingerprint density at radius 2 is 1.50 bits per heavy atom. The van der Waals surface area contributed by atoms with Crippen LogP contribution in [-0.4, -0.2) is 17.6 Å². The Morgan fingerprint density at radius 1 is 1.00 bits per heavy atom. The molecule has 0 aliphatic carbocycles. The van der Waals surface area contributed by atoms with Crippen molar-refractivity contribution in [2.24, 2.45) is 5.73 Å². The lowest BCUT2D eigenvalue weighted by Crippen LogP contribution is -2.10. The topological polar surface area (TPSA) is 63.3 Å².